The van der Waals surface area contributed by atoms with Gasteiger partial charge in [0.1, 0.15) is 0 Å². The first-order chi connectivity index (χ1) is 9.41. The second kappa shape index (κ2) is 5.27. The van der Waals surface area contributed by atoms with Crippen LogP contribution in [0.5, 0.6) is 0 Å². The Morgan fingerprint density at radius 1 is 0.950 bits per heavy atom. The molecule has 0 spiro atoms. The summed E-state index contributed by atoms with van der Waals surface area (Å²) in [4.78, 5) is 30.5. The van der Waals surface area contributed by atoms with E-state index in [1.165, 1.54) is 0 Å². The van der Waals surface area contributed by atoms with Crippen LogP contribution >= 0.6 is 0 Å². The summed E-state index contributed by atoms with van der Waals surface area (Å²) in [6.07, 6.45) is 3.22. The number of primary amides is 2. The lowest BCUT2D eigenvalue weighted by molar-refractivity contribution is 0.253. The molecule has 0 unspecified atom stereocenters. The van der Waals surface area contributed by atoms with Crippen LogP contribution in [0.3, 0.4) is 0 Å². The summed E-state index contributed by atoms with van der Waals surface area (Å²) in [6.45, 7) is 0. The third kappa shape index (κ3) is 2.46. The molecule has 0 atom stereocenters. The minimum Gasteiger partial charge on any atom is -0.350 e. The maximum Gasteiger partial charge on any atom is 0.336 e. The van der Waals surface area contributed by atoms with Gasteiger partial charge >= 0.3 is 12.1 Å². The second-order valence-electron chi connectivity index (χ2n) is 4.40. The van der Waals surface area contributed by atoms with E-state index in [9.17, 15) is 9.59 Å². The summed E-state index contributed by atoms with van der Waals surface area (Å²) < 4.78 is 0. The molecular formula is C10H16N8O2. The van der Waals surface area contributed by atoms with E-state index in [0.717, 1.165) is 18.4 Å². The third-order valence-corrected chi connectivity index (χ3v) is 3.07. The number of carbonyl (C=O) groups excluding carboxylic acids is 2. The van der Waals surface area contributed by atoms with Gasteiger partial charge in [0.15, 0.2) is 5.82 Å². The lowest BCUT2D eigenvalue weighted by Crippen LogP contribution is -2.45. The van der Waals surface area contributed by atoms with E-state index in [0.29, 0.717) is 28.6 Å². The number of hydrogen-bond acceptors (Lipinski definition) is 6. The molecule has 0 saturated heterocycles. The van der Waals surface area contributed by atoms with E-state index in [4.69, 9.17) is 23.2 Å². The van der Waals surface area contributed by atoms with Crippen molar-refractivity contribution < 1.29 is 9.59 Å². The Balaban J connectivity index is 2.55. The molecule has 0 radical (unpaired) electrons. The molecular weight excluding hydrogens is 264 g/mol. The molecule has 0 aromatic carbocycles. The Hall–Kier alpha value is -2.46. The van der Waals surface area contributed by atoms with Gasteiger partial charge in [-0.25, -0.2) is 31.3 Å². The number of amides is 4. The number of hydrogen-bond donors (Lipinski definition) is 4. The molecule has 0 saturated carbocycles. The maximum atomic E-state index is 11.2. The Morgan fingerprint density at radius 2 is 1.55 bits per heavy atom. The van der Waals surface area contributed by atoms with Gasteiger partial charge in [-0.1, -0.05) is 0 Å². The van der Waals surface area contributed by atoms with E-state index in [-0.39, 0.29) is 11.8 Å². The number of nitrogens with zero attached hydrogens (tertiary/aromatic N) is 4. The Bertz CT molecular complexity index is 560. The maximum absolute atomic E-state index is 11.2. The number of anilines is 2. The van der Waals surface area contributed by atoms with Gasteiger partial charge in [-0.05, 0) is 25.7 Å². The van der Waals surface area contributed by atoms with Crippen molar-refractivity contribution in [1.82, 2.24) is 9.97 Å². The van der Waals surface area contributed by atoms with Crippen LogP contribution in [-0.4, -0.2) is 22.0 Å². The first-order valence-corrected chi connectivity index (χ1v) is 6.00. The topological polar surface area (TPSA) is 170 Å². The van der Waals surface area contributed by atoms with Crippen LogP contribution in [0.1, 0.15) is 24.1 Å². The summed E-state index contributed by atoms with van der Waals surface area (Å²) >= 11 is 0. The molecule has 4 amide bonds. The molecule has 2 rings (SSSR count). The second-order valence-corrected chi connectivity index (χ2v) is 4.40. The molecule has 0 fully saturated rings. The van der Waals surface area contributed by atoms with Crippen LogP contribution in [0.15, 0.2) is 0 Å². The zero-order valence-corrected chi connectivity index (χ0v) is 10.7. The predicted octanol–water partition coefficient (Wildman–Crippen LogP) is -1.13. The zero-order valence-electron chi connectivity index (χ0n) is 10.7. The summed E-state index contributed by atoms with van der Waals surface area (Å²) in [5, 5.41) is 1.30. The standard InChI is InChI=1S/C10H16N8O2/c11-8(19)17(13)7-5-3-1-2-4-6(5)15-10(16-7)18(14)9(12)20/h1-4,13-14H2,(H2,11,19)(H2,12,20). The summed E-state index contributed by atoms with van der Waals surface area (Å²) in [5.41, 5.74) is 11.6. The predicted molar refractivity (Wildman–Crippen MR) is 71.2 cm³/mol. The van der Waals surface area contributed by atoms with Crippen molar-refractivity contribution in [3.05, 3.63) is 11.3 Å². The molecule has 108 valence electrons. The molecule has 8 N–H and O–H groups in total. The molecule has 1 aromatic heterocycles. The number of aryl methyl sites for hydroxylation is 1. The number of carbonyl (C=O) groups is 2. The lowest BCUT2D eigenvalue weighted by Gasteiger charge is -2.24. The monoisotopic (exact) mass is 280 g/mol. The number of rotatable bonds is 2. The lowest BCUT2D eigenvalue weighted by atomic mass is 9.96. The Morgan fingerprint density at radius 3 is 2.15 bits per heavy atom. The van der Waals surface area contributed by atoms with Gasteiger partial charge in [-0.2, -0.15) is 9.99 Å². The van der Waals surface area contributed by atoms with Crippen molar-refractivity contribution in [2.24, 2.45) is 23.2 Å². The van der Waals surface area contributed by atoms with E-state index in [2.05, 4.69) is 9.97 Å². The van der Waals surface area contributed by atoms with Gasteiger partial charge < -0.3 is 11.5 Å². The fraction of sp³-hybridized carbons (Fsp3) is 0.400. The van der Waals surface area contributed by atoms with Crippen LogP contribution < -0.4 is 33.2 Å². The van der Waals surface area contributed by atoms with Gasteiger partial charge in [0, 0.05) is 5.56 Å². The average molecular weight is 280 g/mol. The van der Waals surface area contributed by atoms with Gasteiger partial charge in [0.2, 0.25) is 0 Å². The quantitative estimate of drug-likeness (QED) is 0.303. The van der Waals surface area contributed by atoms with E-state index < -0.39 is 12.1 Å². The van der Waals surface area contributed by atoms with Crippen LogP contribution in [0.2, 0.25) is 0 Å². The highest BCUT2D eigenvalue weighted by molar-refractivity contribution is 5.91. The summed E-state index contributed by atoms with van der Waals surface area (Å²) in [5.74, 6) is 11.1. The minimum atomic E-state index is -0.922. The van der Waals surface area contributed by atoms with E-state index >= 15 is 0 Å². The van der Waals surface area contributed by atoms with Crippen molar-refractivity contribution in [2.45, 2.75) is 25.7 Å². The fourth-order valence-corrected chi connectivity index (χ4v) is 2.07. The van der Waals surface area contributed by atoms with Crippen molar-refractivity contribution in [2.75, 3.05) is 10.0 Å². The van der Waals surface area contributed by atoms with Crippen molar-refractivity contribution in [3.63, 3.8) is 0 Å². The first kappa shape index (κ1) is 14.0. The molecule has 10 heteroatoms. The minimum absolute atomic E-state index is 0.121. The number of fused-ring (bicyclic) bond motifs is 1. The zero-order chi connectivity index (χ0) is 14.9. The van der Waals surface area contributed by atoms with Gasteiger partial charge in [-0.3, -0.25) is 0 Å². The van der Waals surface area contributed by atoms with Gasteiger partial charge in [-0.15, -0.1) is 0 Å². The normalized spacial score (nSPS) is 13.5. The Kier molecular flexibility index (Phi) is 3.68. The number of nitrogens with two attached hydrogens (primary N) is 4. The molecule has 1 aliphatic carbocycles. The molecule has 20 heavy (non-hydrogen) atoms. The van der Waals surface area contributed by atoms with E-state index in [1.807, 2.05) is 0 Å². The number of urea groups is 2. The molecule has 0 bridgehead atoms. The summed E-state index contributed by atoms with van der Waals surface area (Å²) in [7, 11) is 0. The van der Waals surface area contributed by atoms with Crippen molar-refractivity contribution >= 4 is 23.8 Å². The highest BCUT2D eigenvalue weighted by atomic mass is 16.2. The first-order valence-electron chi connectivity index (χ1n) is 6.00. The van der Waals surface area contributed by atoms with Crippen LogP contribution in [0.4, 0.5) is 21.4 Å². The highest BCUT2D eigenvalue weighted by Crippen LogP contribution is 2.28. The Labute approximate surface area is 114 Å². The number of hydrazine groups is 2. The van der Waals surface area contributed by atoms with Crippen LogP contribution in [0.25, 0.3) is 0 Å². The smallest absolute Gasteiger partial charge is 0.336 e. The largest absolute Gasteiger partial charge is 0.350 e. The summed E-state index contributed by atoms with van der Waals surface area (Å²) in [6, 6.07) is -1.79. The average Bonchev–Trinajstić information content (AvgIpc) is 2.44. The molecule has 0 aliphatic heterocycles. The molecule has 1 aromatic rings. The van der Waals surface area contributed by atoms with Gasteiger partial charge in [0.25, 0.3) is 5.95 Å². The highest BCUT2D eigenvalue weighted by Gasteiger charge is 2.24. The van der Waals surface area contributed by atoms with Crippen molar-refractivity contribution in [3.8, 4) is 0 Å². The van der Waals surface area contributed by atoms with Crippen LogP contribution in [0, 0.1) is 0 Å². The van der Waals surface area contributed by atoms with Crippen molar-refractivity contribution in [1.29, 1.82) is 0 Å². The number of aromatic nitrogens is 2. The van der Waals surface area contributed by atoms with Gasteiger partial charge in [0.05, 0.1) is 5.69 Å². The third-order valence-electron chi connectivity index (χ3n) is 3.07. The molecule has 1 aliphatic rings. The molecule has 1 heterocycles. The fourth-order valence-electron chi connectivity index (χ4n) is 2.07. The van der Waals surface area contributed by atoms with E-state index in [1.54, 1.807) is 0 Å². The molecule has 10 nitrogen and oxygen atoms in total. The SMILES string of the molecule is NC(=O)N(N)c1nc2c(c(N(N)C(N)=O)n1)CCCC2. The van der Waals surface area contributed by atoms with Crippen LogP contribution in [-0.2, 0) is 12.8 Å².